The molecule has 1 aromatic rings. The lowest BCUT2D eigenvalue weighted by Gasteiger charge is -2.39. The van der Waals surface area contributed by atoms with Crippen molar-refractivity contribution in [2.24, 2.45) is 0 Å². The van der Waals surface area contributed by atoms with E-state index in [-0.39, 0.29) is 16.8 Å². The van der Waals surface area contributed by atoms with Gasteiger partial charge in [0, 0.05) is 18.7 Å². The van der Waals surface area contributed by atoms with E-state index in [1.54, 1.807) is 7.05 Å². The van der Waals surface area contributed by atoms with E-state index in [9.17, 15) is 14.9 Å². The first kappa shape index (κ1) is 13.3. The first-order valence-corrected chi connectivity index (χ1v) is 6.10. The van der Waals surface area contributed by atoms with Crippen LogP contribution in [0.15, 0.2) is 12.3 Å². The molecule has 7 heteroatoms. The largest absolute Gasteiger partial charge is 0.373 e. The van der Waals surface area contributed by atoms with Crippen molar-refractivity contribution in [1.29, 1.82) is 0 Å². The molecule has 2 rings (SSSR count). The van der Waals surface area contributed by atoms with Gasteiger partial charge in [0.05, 0.1) is 4.92 Å². The number of hydrogen-bond donors (Lipinski definition) is 2. The van der Waals surface area contributed by atoms with Gasteiger partial charge < -0.3 is 10.6 Å². The standard InChI is InChI=1S/C12H16N4O3/c1-12(4-3-5-12)15-11(17)8-6-10(13-2)14-7-9(8)16(18)19/h6-7H,3-5H2,1-2H3,(H,13,14)(H,15,17). The third kappa shape index (κ3) is 2.64. The number of rotatable bonds is 4. The van der Waals surface area contributed by atoms with Crippen LogP contribution < -0.4 is 10.6 Å². The number of nitro groups is 1. The van der Waals surface area contributed by atoms with Crippen LogP contribution in [0, 0.1) is 10.1 Å². The average Bonchev–Trinajstić information content (AvgIpc) is 2.35. The molecule has 1 aliphatic rings. The van der Waals surface area contributed by atoms with E-state index in [1.807, 2.05) is 6.92 Å². The van der Waals surface area contributed by atoms with Gasteiger partial charge in [0.2, 0.25) is 0 Å². The summed E-state index contributed by atoms with van der Waals surface area (Å²) in [6, 6.07) is 1.40. The second kappa shape index (κ2) is 4.83. The minimum atomic E-state index is -0.593. The highest BCUT2D eigenvalue weighted by molar-refractivity contribution is 5.99. The summed E-state index contributed by atoms with van der Waals surface area (Å²) >= 11 is 0. The van der Waals surface area contributed by atoms with Gasteiger partial charge >= 0.3 is 0 Å². The van der Waals surface area contributed by atoms with Crippen molar-refractivity contribution in [2.75, 3.05) is 12.4 Å². The van der Waals surface area contributed by atoms with E-state index < -0.39 is 10.8 Å². The number of nitrogens with zero attached hydrogens (tertiary/aromatic N) is 2. The van der Waals surface area contributed by atoms with Gasteiger partial charge in [-0.3, -0.25) is 14.9 Å². The van der Waals surface area contributed by atoms with Crippen LogP contribution in [0.3, 0.4) is 0 Å². The molecular formula is C12H16N4O3. The van der Waals surface area contributed by atoms with Crippen molar-refractivity contribution < 1.29 is 9.72 Å². The molecule has 0 spiro atoms. The van der Waals surface area contributed by atoms with Crippen LogP contribution in [0.4, 0.5) is 11.5 Å². The van der Waals surface area contributed by atoms with Crippen molar-refractivity contribution in [3.63, 3.8) is 0 Å². The summed E-state index contributed by atoms with van der Waals surface area (Å²) in [4.78, 5) is 26.4. The predicted molar refractivity (Wildman–Crippen MR) is 70.2 cm³/mol. The molecule has 19 heavy (non-hydrogen) atoms. The van der Waals surface area contributed by atoms with Crippen molar-refractivity contribution in [3.8, 4) is 0 Å². The van der Waals surface area contributed by atoms with Crippen LogP contribution >= 0.6 is 0 Å². The number of pyridine rings is 1. The SMILES string of the molecule is CNc1cc(C(=O)NC2(C)CCC2)c([N+](=O)[O-])cn1. The molecule has 102 valence electrons. The fraction of sp³-hybridized carbons (Fsp3) is 0.500. The average molecular weight is 264 g/mol. The van der Waals surface area contributed by atoms with Gasteiger partial charge in [0.1, 0.15) is 17.6 Å². The zero-order valence-electron chi connectivity index (χ0n) is 10.9. The molecule has 1 fully saturated rings. The molecule has 0 saturated heterocycles. The maximum absolute atomic E-state index is 12.2. The van der Waals surface area contributed by atoms with Gasteiger partial charge in [-0.1, -0.05) is 0 Å². The first-order valence-electron chi connectivity index (χ1n) is 6.10. The number of aromatic nitrogens is 1. The minimum Gasteiger partial charge on any atom is -0.373 e. The van der Waals surface area contributed by atoms with Crippen molar-refractivity contribution in [1.82, 2.24) is 10.3 Å². The molecule has 0 atom stereocenters. The number of nitrogens with one attached hydrogen (secondary N) is 2. The van der Waals surface area contributed by atoms with Gasteiger partial charge in [-0.25, -0.2) is 4.98 Å². The molecule has 0 radical (unpaired) electrons. The van der Waals surface area contributed by atoms with Gasteiger partial charge in [-0.2, -0.15) is 0 Å². The van der Waals surface area contributed by atoms with Crippen LogP contribution in [0.25, 0.3) is 0 Å². The smallest absolute Gasteiger partial charge is 0.300 e. The minimum absolute atomic E-state index is 0.0393. The number of anilines is 1. The molecule has 0 aromatic carbocycles. The van der Waals surface area contributed by atoms with Crippen LogP contribution in [0.2, 0.25) is 0 Å². The Morgan fingerprint density at radius 2 is 2.21 bits per heavy atom. The van der Waals surface area contributed by atoms with Crippen LogP contribution in [0.1, 0.15) is 36.5 Å². The third-order valence-corrected chi connectivity index (χ3v) is 3.45. The number of hydrogen-bond acceptors (Lipinski definition) is 5. The summed E-state index contributed by atoms with van der Waals surface area (Å²) in [7, 11) is 1.64. The molecule has 1 heterocycles. The molecule has 1 aromatic heterocycles. The summed E-state index contributed by atoms with van der Waals surface area (Å²) in [5.41, 5.74) is -0.481. The monoisotopic (exact) mass is 264 g/mol. The lowest BCUT2D eigenvalue weighted by Crippen LogP contribution is -2.51. The van der Waals surface area contributed by atoms with Crippen LogP contribution in [-0.4, -0.2) is 28.4 Å². The Morgan fingerprint density at radius 1 is 1.53 bits per heavy atom. The van der Waals surface area contributed by atoms with Gasteiger partial charge in [-0.05, 0) is 26.2 Å². The fourth-order valence-electron chi connectivity index (χ4n) is 2.09. The zero-order valence-corrected chi connectivity index (χ0v) is 10.9. The Labute approximate surface area is 110 Å². The summed E-state index contributed by atoms with van der Waals surface area (Å²) < 4.78 is 0. The maximum atomic E-state index is 12.2. The molecular weight excluding hydrogens is 248 g/mol. The number of amides is 1. The van der Waals surface area contributed by atoms with E-state index in [4.69, 9.17) is 0 Å². The molecule has 0 unspecified atom stereocenters. The summed E-state index contributed by atoms with van der Waals surface area (Å²) in [6.45, 7) is 1.94. The van der Waals surface area contributed by atoms with E-state index in [0.717, 1.165) is 25.5 Å². The van der Waals surface area contributed by atoms with Crippen molar-refractivity contribution >= 4 is 17.4 Å². The Hall–Kier alpha value is -2.18. The fourth-order valence-corrected chi connectivity index (χ4v) is 2.09. The van der Waals surface area contributed by atoms with E-state index >= 15 is 0 Å². The van der Waals surface area contributed by atoms with Crippen molar-refractivity contribution in [3.05, 3.63) is 27.9 Å². The highest BCUT2D eigenvalue weighted by Gasteiger charge is 2.35. The summed E-state index contributed by atoms with van der Waals surface area (Å²) in [5.74, 6) is 0.00214. The summed E-state index contributed by atoms with van der Waals surface area (Å²) in [6.07, 6.45) is 3.97. The molecule has 1 saturated carbocycles. The topological polar surface area (TPSA) is 97.2 Å². The molecule has 7 nitrogen and oxygen atoms in total. The molecule has 0 aliphatic heterocycles. The highest BCUT2D eigenvalue weighted by atomic mass is 16.6. The van der Waals surface area contributed by atoms with Gasteiger partial charge in [0.15, 0.2) is 0 Å². The highest BCUT2D eigenvalue weighted by Crippen LogP contribution is 2.32. The van der Waals surface area contributed by atoms with Gasteiger partial charge in [0.25, 0.3) is 11.6 Å². The maximum Gasteiger partial charge on any atom is 0.300 e. The lowest BCUT2D eigenvalue weighted by molar-refractivity contribution is -0.385. The molecule has 1 aliphatic carbocycles. The van der Waals surface area contributed by atoms with E-state index in [1.165, 1.54) is 6.07 Å². The Morgan fingerprint density at radius 3 is 2.68 bits per heavy atom. The molecule has 1 amide bonds. The zero-order chi connectivity index (χ0) is 14.0. The lowest BCUT2D eigenvalue weighted by atomic mass is 9.78. The van der Waals surface area contributed by atoms with Gasteiger partial charge in [-0.15, -0.1) is 0 Å². The third-order valence-electron chi connectivity index (χ3n) is 3.45. The predicted octanol–water partition coefficient (Wildman–Crippen LogP) is 1.70. The molecule has 0 bridgehead atoms. The number of carbonyl (C=O) groups excluding carboxylic acids is 1. The second-order valence-electron chi connectivity index (χ2n) is 4.96. The Balaban J connectivity index is 2.30. The Kier molecular flexibility index (Phi) is 3.37. The van der Waals surface area contributed by atoms with Crippen LogP contribution in [-0.2, 0) is 0 Å². The normalized spacial score (nSPS) is 16.3. The van der Waals surface area contributed by atoms with Crippen molar-refractivity contribution in [2.45, 2.75) is 31.7 Å². The van der Waals surface area contributed by atoms with Crippen LogP contribution in [0.5, 0.6) is 0 Å². The Bertz CT molecular complexity index is 526. The van der Waals surface area contributed by atoms with E-state index in [0.29, 0.717) is 5.82 Å². The second-order valence-corrected chi connectivity index (χ2v) is 4.96. The first-order chi connectivity index (χ1) is 8.95. The number of carbonyl (C=O) groups is 1. The van der Waals surface area contributed by atoms with E-state index in [2.05, 4.69) is 15.6 Å². The summed E-state index contributed by atoms with van der Waals surface area (Å²) in [5, 5.41) is 16.6. The quantitative estimate of drug-likeness (QED) is 0.637. The molecule has 2 N–H and O–H groups in total.